The van der Waals surface area contributed by atoms with Gasteiger partial charge >= 0.3 is 12.1 Å². The van der Waals surface area contributed by atoms with E-state index in [-0.39, 0.29) is 12.2 Å². The molecule has 0 saturated carbocycles. The van der Waals surface area contributed by atoms with Gasteiger partial charge in [-0.2, -0.15) is 8.78 Å². The summed E-state index contributed by atoms with van der Waals surface area (Å²) in [6.45, 7) is 6.15. The highest BCUT2D eigenvalue weighted by molar-refractivity contribution is 5.87. The third-order valence-corrected chi connectivity index (χ3v) is 2.10. The van der Waals surface area contributed by atoms with Crippen LogP contribution in [0.5, 0.6) is 0 Å². The van der Waals surface area contributed by atoms with Crippen LogP contribution in [0.15, 0.2) is 12.2 Å². The summed E-state index contributed by atoms with van der Waals surface area (Å²) in [6, 6.07) is 0. The molecule has 2 unspecified atom stereocenters. The highest BCUT2D eigenvalue weighted by Crippen LogP contribution is 2.39. The molecule has 0 aromatic carbocycles. The Kier molecular flexibility index (Phi) is 2.89. The van der Waals surface area contributed by atoms with Gasteiger partial charge in [-0.15, -0.1) is 0 Å². The van der Waals surface area contributed by atoms with Gasteiger partial charge in [-0.1, -0.05) is 6.58 Å². The first-order valence-electron chi connectivity index (χ1n) is 4.23. The monoisotopic (exact) mass is 206 g/mol. The van der Waals surface area contributed by atoms with Crippen molar-refractivity contribution in [2.75, 3.05) is 6.61 Å². The van der Waals surface area contributed by atoms with E-state index in [9.17, 15) is 13.6 Å². The van der Waals surface area contributed by atoms with Gasteiger partial charge in [0, 0.05) is 5.57 Å². The standard InChI is InChI=1S/C9H12F2O3/c1-5(2)8(12)14-6(3)7-4-13-9(7,10)11/h6-7H,1,4H2,2-3H3. The lowest BCUT2D eigenvalue weighted by Gasteiger charge is -2.38. The van der Waals surface area contributed by atoms with Crippen LogP contribution in [0.25, 0.3) is 0 Å². The summed E-state index contributed by atoms with van der Waals surface area (Å²) in [5.41, 5.74) is 0.195. The molecule has 1 heterocycles. The van der Waals surface area contributed by atoms with Gasteiger partial charge in [0.1, 0.15) is 12.0 Å². The maximum atomic E-state index is 12.7. The van der Waals surface area contributed by atoms with Crippen LogP contribution in [-0.2, 0) is 14.3 Å². The summed E-state index contributed by atoms with van der Waals surface area (Å²) in [4.78, 5) is 11.0. The summed E-state index contributed by atoms with van der Waals surface area (Å²) >= 11 is 0. The molecule has 0 aromatic heterocycles. The molecule has 0 spiro atoms. The van der Waals surface area contributed by atoms with Crippen LogP contribution >= 0.6 is 0 Å². The largest absolute Gasteiger partial charge is 0.459 e. The predicted molar refractivity (Wildman–Crippen MR) is 44.8 cm³/mol. The normalized spacial score (nSPS) is 26.1. The van der Waals surface area contributed by atoms with Gasteiger partial charge in [-0.3, -0.25) is 0 Å². The van der Waals surface area contributed by atoms with Crippen molar-refractivity contribution in [1.29, 1.82) is 0 Å². The molecule has 0 amide bonds. The van der Waals surface area contributed by atoms with E-state index in [1.807, 2.05) is 0 Å². The smallest absolute Gasteiger partial charge is 0.364 e. The number of hydrogen-bond donors (Lipinski definition) is 0. The van der Waals surface area contributed by atoms with E-state index in [1.54, 1.807) is 0 Å². The van der Waals surface area contributed by atoms with Crippen LogP contribution in [0.4, 0.5) is 8.78 Å². The minimum absolute atomic E-state index is 0.0857. The number of rotatable bonds is 3. The molecule has 1 rings (SSSR count). The minimum atomic E-state index is -3.17. The van der Waals surface area contributed by atoms with Crippen molar-refractivity contribution in [1.82, 2.24) is 0 Å². The Bertz CT molecular complexity index is 263. The summed E-state index contributed by atoms with van der Waals surface area (Å²) in [5, 5.41) is 0. The second-order valence-corrected chi connectivity index (χ2v) is 3.37. The van der Waals surface area contributed by atoms with Crippen LogP contribution in [0.2, 0.25) is 0 Å². The molecule has 0 bridgehead atoms. The fourth-order valence-electron chi connectivity index (χ4n) is 1.07. The molecule has 3 nitrogen and oxygen atoms in total. The van der Waals surface area contributed by atoms with Gasteiger partial charge in [0.2, 0.25) is 0 Å². The van der Waals surface area contributed by atoms with E-state index in [0.717, 1.165) is 0 Å². The number of carbonyl (C=O) groups excluding carboxylic acids is 1. The minimum Gasteiger partial charge on any atom is -0.459 e. The highest BCUT2D eigenvalue weighted by atomic mass is 19.3. The molecule has 14 heavy (non-hydrogen) atoms. The number of esters is 1. The Labute approximate surface area is 80.7 Å². The highest BCUT2D eigenvalue weighted by Gasteiger charge is 2.54. The zero-order valence-electron chi connectivity index (χ0n) is 8.05. The zero-order valence-corrected chi connectivity index (χ0v) is 8.05. The summed E-state index contributed by atoms with van der Waals surface area (Å²) in [6.07, 6.45) is -4.03. The molecule has 2 atom stereocenters. The van der Waals surface area contributed by atoms with Crippen molar-refractivity contribution < 1.29 is 23.0 Å². The Morgan fingerprint density at radius 1 is 1.71 bits per heavy atom. The van der Waals surface area contributed by atoms with Crippen molar-refractivity contribution in [2.24, 2.45) is 5.92 Å². The molecule has 1 fully saturated rings. The molecule has 0 N–H and O–H groups in total. The van der Waals surface area contributed by atoms with Gasteiger partial charge in [-0.05, 0) is 13.8 Å². The van der Waals surface area contributed by atoms with E-state index in [4.69, 9.17) is 4.74 Å². The average molecular weight is 206 g/mol. The fraction of sp³-hybridized carbons (Fsp3) is 0.667. The fourth-order valence-corrected chi connectivity index (χ4v) is 1.07. The van der Waals surface area contributed by atoms with Gasteiger partial charge < -0.3 is 9.47 Å². The maximum absolute atomic E-state index is 12.7. The molecular formula is C9H12F2O3. The van der Waals surface area contributed by atoms with E-state index in [0.29, 0.717) is 0 Å². The lowest BCUT2D eigenvalue weighted by Crippen LogP contribution is -2.52. The summed E-state index contributed by atoms with van der Waals surface area (Å²) in [5.74, 6) is -1.70. The Hall–Kier alpha value is -0.970. The van der Waals surface area contributed by atoms with Gasteiger partial charge in [0.25, 0.3) is 0 Å². The van der Waals surface area contributed by atoms with Crippen LogP contribution in [0.3, 0.4) is 0 Å². The first-order chi connectivity index (χ1) is 6.34. The lowest BCUT2D eigenvalue weighted by molar-refractivity contribution is -0.371. The van der Waals surface area contributed by atoms with E-state index in [1.165, 1.54) is 13.8 Å². The molecule has 0 radical (unpaired) electrons. The number of carbonyl (C=O) groups is 1. The van der Waals surface area contributed by atoms with E-state index in [2.05, 4.69) is 11.3 Å². The number of ether oxygens (including phenoxy) is 2. The van der Waals surface area contributed by atoms with Gasteiger partial charge in [0.15, 0.2) is 0 Å². The quantitative estimate of drug-likeness (QED) is 0.521. The molecule has 5 heteroatoms. The van der Waals surface area contributed by atoms with E-state index >= 15 is 0 Å². The van der Waals surface area contributed by atoms with Crippen molar-refractivity contribution in [2.45, 2.75) is 26.1 Å². The van der Waals surface area contributed by atoms with E-state index < -0.39 is 24.1 Å². The second-order valence-electron chi connectivity index (χ2n) is 3.37. The Morgan fingerprint density at radius 2 is 2.29 bits per heavy atom. The van der Waals surface area contributed by atoms with Crippen molar-refractivity contribution >= 4 is 5.97 Å². The third-order valence-electron chi connectivity index (χ3n) is 2.10. The third kappa shape index (κ3) is 2.09. The zero-order chi connectivity index (χ0) is 10.9. The number of halogens is 2. The number of hydrogen-bond acceptors (Lipinski definition) is 3. The van der Waals surface area contributed by atoms with Crippen LogP contribution in [0.1, 0.15) is 13.8 Å². The Balaban J connectivity index is 2.47. The second kappa shape index (κ2) is 3.65. The topological polar surface area (TPSA) is 35.5 Å². The lowest BCUT2D eigenvalue weighted by atomic mass is 9.99. The van der Waals surface area contributed by atoms with Crippen molar-refractivity contribution in [3.05, 3.63) is 12.2 Å². The summed E-state index contributed by atoms with van der Waals surface area (Å²) < 4.78 is 34.1. The van der Waals surface area contributed by atoms with Gasteiger partial charge in [-0.25, -0.2) is 4.79 Å². The molecular weight excluding hydrogens is 194 g/mol. The van der Waals surface area contributed by atoms with Crippen molar-refractivity contribution in [3.8, 4) is 0 Å². The van der Waals surface area contributed by atoms with Crippen LogP contribution < -0.4 is 0 Å². The molecule has 0 aliphatic carbocycles. The molecule has 1 aliphatic heterocycles. The first-order valence-corrected chi connectivity index (χ1v) is 4.23. The SMILES string of the molecule is C=C(C)C(=O)OC(C)C1COC1(F)F. The van der Waals surface area contributed by atoms with Crippen LogP contribution in [0, 0.1) is 5.92 Å². The molecule has 0 aromatic rings. The first kappa shape index (κ1) is 11.1. The number of alkyl halides is 2. The predicted octanol–water partition coefficient (Wildman–Crippen LogP) is 1.73. The average Bonchev–Trinajstić information content (AvgIpc) is 2.02. The van der Waals surface area contributed by atoms with Crippen LogP contribution in [-0.4, -0.2) is 24.8 Å². The molecule has 1 aliphatic rings. The summed E-state index contributed by atoms with van der Waals surface area (Å²) in [7, 11) is 0. The maximum Gasteiger partial charge on any atom is 0.364 e. The van der Waals surface area contributed by atoms with Gasteiger partial charge in [0.05, 0.1) is 6.61 Å². The van der Waals surface area contributed by atoms with Crippen molar-refractivity contribution in [3.63, 3.8) is 0 Å². The molecule has 80 valence electrons. The molecule has 1 saturated heterocycles. The Morgan fingerprint density at radius 3 is 2.57 bits per heavy atom.